The number of sulfonamides is 1. The molecule has 8 heteroatoms. The lowest BCUT2D eigenvalue weighted by atomic mass is 10.0. The highest BCUT2D eigenvalue weighted by Crippen LogP contribution is 2.32. The van der Waals surface area contributed by atoms with E-state index in [9.17, 15) is 8.42 Å². The third-order valence-electron chi connectivity index (χ3n) is 4.58. The molecule has 1 unspecified atom stereocenters. The standard InChI is InChI=1S/C19H23ClN2O4S/c1-14-10-17(7-8-21-14)26-13-15-4-3-9-22(12-15)27(23,24)19-11-16(20)5-6-18(19)25-2/h5-8,10-11,15H,3-4,9,12-13H2,1-2H3. The SMILES string of the molecule is COc1ccc(Cl)cc1S(=O)(=O)N1CCCC(COc2ccnc(C)c2)C1. The van der Waals surface area contributed by atoms with Gasteiger partial charge in [0.1, 0.15) is 16.4 Å². The van der Waals surface area contributed by atoms with Crippen molar-refractivity contribution in [3.05, 3.63) is 47.2 Å². The number of aryl methyl sites for hydroxylation is 1. The minimum atomic E-state index is -3.69. The maximum atomic E-state index is 13.1. The summed E-state index contributed by atoms with van der Waals surface area (Å²) >= 11 is 6.01. The lowest BCUT2D eigenvalue weighted by Gasteiger charge is -2.32. The summed E-state index contributed by atoms with van der Waals surface area (Å²) in [6.07, 6.45) is 3.40. The number of methoxy groups -OCH3 is 1. The van der Waals surface area contributed by atoms with E-state index in [-0.39, 0.29) is 10.8 Å². The molecule has 0 radical (unpaired) electrons. The Hall–Kier alpha value is -1.83. The number of rotatable bonds is 6. The number of hydrogen-bond donors (Lipinski definition) is 0. The van der Waals surface area contributed by atoms with E-state index < -0.39 is 10.0 Å². The van der Waals surface area contributed by atoms with Gasteiger partial charge in [0.15, 0.2) is 0 Å². The Morgan fingerprint density at radius 1 is 1.30 bits per heavy atom. The van der Waals surface area contributed by atoms with Crippen molar-refractivity contribution in [2.24, 2.45) is 5.92 Å². The number of piperidine rings is 1. The van der Waals surface area contributed by atoms with Crippen LogP contribution in [0.1, 0.15) is 18.5 Å². The molecule has 0 spiro atoms. The normalized spacial score (nSPS) is 18.3. The third kappa shape index (κ3) is 4.72. The quantitative estimate of drug-likeness (QED) is 0.728. The fourth-order valence-corrected chi connectivity index (χ4v) is 5.17. The number of halogens is 1. The van der Waals surface area contributed by atoms with Crippen LogP contribution in [0.4, 0.5) is 0 Å². The number of benzene rings is 1. The first-order chi connectivity index (χ1) is 12.9. The number of ether oxygens (including phenoxy) is 2. The molecule has 2 heterocycles. The van der Waals surface area contributed by atoms with Crippen LogP contribution >= 0.6 is 11.6 Å². The zero-order chi connectivity index (χ0) is 19.4. The highest BCUT2D eigenvalue weighted by Gasteiger charge is 2.32. The van der Waals surface area contributed by atoms with Crippen molar-refractivity contribution < 1.29 is 17.9 Å². The lowest BCUT2D eigenvalue weighted by molar-refractivity contribution is 0.180. The number of aromatic nitrogens is 1. The highest BCUT2D eigenvalue weighted by molar-refractivity contribution is 7.89. The highest BCUT2D eigenvalue weighted by atomic mass is 35.5. The van der Waals surface area contributed by atoms with E-state index in [1.165, 1.54) is 17.5 Å². The molecule has 6 nitrogen and oxygen atoms in total. The minimum Gasteiger partial charge on any atom is -0.495 e. The fourth-order valence-electron chi connectivity index (χ4n) is 3.20. The number of pyridine rings is 1. The molecule has 3 rings (SSSR count). The van der Waals surface area contributed by atoms with Gasteiger partial charge in [-0.1, -0.05) is 11.6 Å². The van der Waals surface area contributed by atoms with Gasteiger partial charge in [0.2, 0.25) is 10.0 Å². The second-order valence-electron chi connectivity index (χ2n) is 6.61. The van der Waals surface area contributed by atoms with Crippen LogP contribution < -0.4 is 9.47 Å². The molecule has 1 aliphatic rings. The average molecular weight is 411 g/mol. The van der Waals surface area contributed by atoms with E-state index in [1.807, 2.05) is 13.0 Å². The van der Waals surface area contributed by atoms with Crippen molar-refractivity contribution in [2.45, 2.75) is 24.7 Å². The summed E-state index contributed by atoms with van der Waals surface area (Å²) in [6.45, 7) is 3.24. The van der Waals surface area contributed by atoms with Crippen molar-refractivity contribution in [3.63, 3.8) is 0 Å². The van der Waals surface area contributed by atoms with Gasteiger partial charge in [0.25, 0.3) is 0 Å². The van der Waals surface area contributed by atoms with Gasteiger partial charge < -0.3 is 9.47 Å². The van der Waals surface area contributed by atoms with Gasteiger partial charge in [0, 0.05) is 42.0 Å². The molecular formula is C19H23ClN2O4S. The van der Waals surface area contributed by atoms with E-state index in [2.05, 4.69) is 4.98 Å². The fraction of sp³-hybridized carbons (Fsp3) is 0.421. The van der Waals surface area contributed by atoms with Crippen molar-refractivity contribution >= 4 is 21.6 Å². The van der Waals surface area contributed by atoms with Crippen molar-refractivity contribution in [1.82, 2.24) is 9.29 Å². The molecule has 0 amide bonds. The Morgan fingerprint density at radius 2 is 2.11 bits per heavy atom. The van der Waals surface area contributed by atoms with Gasteiger partial charge in [-0.3, -0.25) is 4.98 Å². The summed E-state index contributed by atoms with van der Waals surface area (Å²) in [4.78, 5) is 4.25. The first kappa shape index (κ1) is 19.9. The number of hydrogen-bond acceptors (Lipinski definition) is 5. The van der Waals surface area contributed by atoms with Gasteiger partial charge in [0.05, 0.1) is 13.7 Å². The summed E-state index contributed by atoms with van der Waals surface area (Å²) in [5.41, 5.74) is 0.883. The first-order valence-corrected chi connectivity index (χ1v) is 10.6. The molecule has 1 aromatic carbocycles. The maximum Gasteiger partial charge on any atom is 0.246 e. The van der Waals surface area contributed by atoms with Crippen molar-refractivity contribution in [1.29, 1.82) is 0 Å². The molecule has 0 saturated carbocycles. The summed E-state index contributed by atoms with van der Waals surface area (Å²) in [6, 6.07) is 8.30. The molecule has 27 heavy (non-hydrogen) atoms. The van der Waals surface area contributed by atoms with E-state index >= 15 is 0 Å². The Balaban J connectivity index is 1.72. The Labute approximate surface area is 165 Å². The Kier molecular flexibility index (Phi) is 6.24. The third-order valence-corrected chi connectivity index (χ3v) is 6.70. The van der Waals surface area contributed by atoms with E-state index in [0.717, 1.165) is 24.3 Å². The van der Waals surface area contributed by atoms with Crippen LogP contribution in [-0.4, -0.2) is 44.5 Å². The molecule has 1 saturated heterocycles. The maximum absolute atomic E-state index is 13.1. The topological polar surface area (TPSA) is 68.7 Å². The Bertz CT molecular complexity index is 904. The monoisotopic (exact) mass is 410 g/mol. The predicted octanol–water partition coefficient (Wildman–Crippen LogP) is 3.53. The lowest BCUT2D eigenvalue weighted by Crippen LogP contribution is -2.41. The summed E-state index contributed by atoms with van der Waals surface area (Å²) in [5, 5.41) is 0.360. The summed E-state index contributed by atoms with van der Waals surface area (Å²) in [7, 11) is -2.24. The van der Waals surface area contributed by atoms with Crippen LogP contribution in [0, 0.1) is 12.8 Å². The summed E-state index contributed by atoms with van der Waals surface area (Å²) < 4.78 is 38.8. The van der Waals surface area contributed by atoms with Gasteiger partial charge in [-0.25, -0.2) is 8.42 Å². The largest absolute Gasteiger partial charge is 0.495 e. The van der Waals surface area contributed by atoms with E-state index in [0.29, 0.717) is 30.5 Å². The second kappa shape index (κ2) is 8.46. The molecule has 1 aromatic heterocycles. The average Bonchev–Trinajstić information content (AvgIpc) is 2.66. The van der Waals surface area contributed by atoms with Crippen LogP contribution in [0.15, 0.2) is 41.4 Å². The predicted molar refractivity (Wildman–Crippen MR) is 104 cm³/mol. The van der Waals surface area contributed by atoms with Crippen LogP contribution in [0.3, 0.4) is 0 Å². The molecule has 1 aliphatic heterocycles. The van der Waals surface area contributed by atoms with E-state index in [1.54, 1.807) is 24.4 Å². The van der Waals surface area contributed by atoms with E-state index in [4.69, 9.17) is 21.1 Å². The van der Waals surface area contributed by atoms with Gasteiger partial charge in [-0.05, 0) is 44.0 Å². The molecule has 1 fully saturated rings. The summed E-state index contributed by atoms with van der Waals surface area (Å²) in [5.74, 6) is 1.16. The molecule has 1 atom stereocenters. The first-order valence-electron chi connectivity index (χ1n) is 8.79. The molecular weight excluding hydrogens is 388 g/mol. The molecule has 0 aliphatic carbocycles. The Morgan fingerprint density at radius 3 is 2.85 bits per heavy atom. The van der Waals surface area contributed by atoms with Crippen LogP contribution in [0.5, 0.6) is 11.5 Å². The van der Waals surface area contributed by atoms with Crippen LogP contribution in [-0.2, 0) is 10.0 Å². The van der Waals surface area contributed by atoms with Crippen LogP contribution in [0.2, 0.25) is 5.02 Å². The zero-order valence-electron chi connectivity index (χ0n) is 15.4. The molecule has 146 valence electrons. The number of nitrogens with zero attached hydrogens (tertiary/aromatic N) is 2. The van der Waals surface area contributed by atoms with Crippen LogP contribution in [0.25, 0.3) is 0 Å². The molecule has 0 N–H and O–H groups in total. The minimum absolute atomic E-state index is 0.101. The van der Waals surface area contributed by atoms with Gasteiger partial charge >= 0.3 is 0 Å². The zero-order valence-corrected chi connectivity index (χ0v) is 17.0. The van der Waals surface area contributed by atoms with Crippen molar-refractivity contribution in [3.8, 4) is 11.5 Å². The molecule has 2 aromatic rings. The van der Waals surface area contributed by atoms with Gasteiger partial charge in [-0.2, -0.15) is 4.31 Å². The van der Waals surface area contributed by atoms with Crippen molar-refractivity contribution in [2.75, 3.05) is 26.8 Å². The second-order valence-corrected chi connectivity index (χ2v) is 8.95. The smallest absolute Gasteiger partial charge is 0.246 e. The van der Waals surface area contributed by atoms with Gasteiger partial charge in [-0.15, -0.1) is 0 Å². The molecule has 0 bridgehead atoms.